The highest BCUT2D eigenvalue weighted by Gasteiger charge is 2.18. The van der Waals surface area contributed by atoms with Crippen molar-refractivity contribution in [2.75, 3.05) is 6.54 Å². The van der Waals surface area contributed by atoms with Crippen LogP contribution in [0.15, 0.2) is 24.3 Å². The van der Waals surface area contributed by atoms with Gasteiger partial charge in [0.1, 0.15) is 5.82 Å². The van der Waals surface area contributed by atoms with Gasteiger partial charge in [0.05, 0.1) is 11.8 Å². The zero-order valence-corrected chi connectivity index (χ0v) is 15.7. The maximum absolute atomic E-state index is 12.3. The minimum Gasteiger partial charge on any atom is -0.393 e. The molecule has 136 valence electrons. The lowest BCUT2D eigenvalue weighted by molar-refractivity contribution is 0.0929. The van der Waals surface area contributed by atoms with Crippen molar-refractivity contribution in [3.8, 4) is 5.69 Å². The lowest BCUT2D eigenvalue weighted by atomic mass is 10.0. The molecule has 0 spiro atoms. The van der Waals surface area contributed by atoms with Crippen molar-refractivity contribution in [2.24, 2.45) is 5.92 Å². The van der Waals surface area contributed by atoms with Gasteiger partial charge in [-0.2, -0.15) is 0 Å². The first kappa shape index (κ1) is 19.1. The summed E-state index contributed by atoms with van der Waals surface area (Å²) in [7, 11) is 0. The van der Waals surface area contributed by atoms with Crippen molar-refractivity contribution >= 4 is 5.91 Å². The standard InChI is InChI=1S/C19H28N4O2/c1-12(2)16-8-6-7-9-17(16)23-15(5)21-18(22-23)19(25)20-11-13(3)10-14(4)24/h6-9,12-14,24H,10-11H2,1-5H3,(H,20,25). The molecular weight excluding hydrogens is 316 g/mol. The fraction of sp³-hybridized carbons (Fsp3) is 0.526. The summed E-state index contributed by atoms with van der Waals surface area (Å²) in [6.45, 7) is 10.3. The van der Waals surface area contributed by atoms with E-state index in [4.69, 9.17) is 0 Å². The van der Waals surface area contributed by atoms with Crippen LogP contribution < -0.4 is 5.32 Å². The molecule has 2 atom stereocenters. The number of hydrogen-bond donors (Lipinski definition) is 2. The Morgan fingerprint density at radius 2 is 1.92 bits per heavy atom. The van der Waals surface area contributed by atoms with Crippen LogP contribution in [0.4, 0.5) is 0 Å². The van der Waals surface area contributed by atoms with Crippen LogP contribution in [0.1, 0.15) is 62.0 Å². The van der Waals surface area contributed by atoms with Crippen LogP contribution >= 0.6 is 0 Å². The molecule has 25 heavy (non-hydrogen) atoms. The monoisotopic (exact) mass is 344 g/mol. The van der Waals surface area contributed by atoms with Crippen LogP contribution in [0.3, 0.4) is 0 Å². The molecule has 0 bridgehead atoms. The van der Waals surface area contributed by atoms with Crippen molar-refractivity contribution in [1.29, 1.82) is 0 Å². The van der Waals surface area contributed by atoms with Crippen LogP contribution in [0.2, 0.25) is 0 Å². The Bertz CT molecular complexity index is 722. The molecule has 0 saturated carbocycles. The zero-order valence-electron chi connectivity index (χ0n) is 15.7. The van der Waals surface area contributed by atoms with Gasteiger partial charge in [0.15, 0.2) is 0 Å². The fourth-order valence-electron chi connectivity index (χ4n) is 2.89. The number of para-hydroxylation sites is 1. The molecule has 2 aromatic rings. The first-order chi connectivity index (χ1) is 11.8. The summed E-state index contributed by atoms with van der Waals surface area (Å²) in [5.74, 6) is 1.09. The third kappa shape index (κ3) is 4.89. The number of aromatic nitrogens is 3. The third-order valence-electron chi connectivity index (χ3n) is 4.11. The van der Waals surface area contributed by atoms with E-state index in [1.54, 1.807) is 11.6 Å². The average Bonchev–Trinajstić information content (AvgIpc) is 2.93. The highest BCUT2D eigenvalue weighted by molar-refractivity contribution is 5.90. The summed E-state index contributed by atoms with van der Waals surface area (Å²) in [6, 6.07) is 8.02. The van der Waals surface area contributed by atoms with Gasteiger partial charge in [-0.05, 0) is 43.7 Å². The number of amides is 1. The SMILES string of the molecule is Cc1nc(C(=O)NCC(C)CC(C)O)nn1-c1ccccc1C(C)C. The lowest BCUT2D eigenvalue weighted by Gasteiger charge is -2.13. The number of nitrogens with one attached hydrogen (secondary N) is 1. The normalized spacial score (nSPS) is 13.7. The van der Waals surface area contributed by atoms with Gasteiger partial charge >= 0.3 is 0 Å². The molecular formula is C19H28N4O2. The van der Waals surface area contributed by atoms with E-state index >= 15 is 0 Å². The molecule has 0 fully saturated rings. The second-order valence-electron chi connectivity index (χ2n) is 7.01. The topological polar surface area (TPSA) is 80.0 Å². The van der Waals surface area contributed by atoms with Crippen molar-refractivity contribution in [3.05, 3.63) is 41.5 Å². The minimum absolute atomic E-state index is 0.167. The fourth-order valence-corrected chi connectivity index (χ4v) is 2.89. The molecule has 2 unspecified atom stereocenters. The van der Waals surface area contributed by atoms with E-state index < -0.39 is 0 Å². The summed E-state index contributed by atoms with van der Waals surface area (Å²) in [4.78, 5) is 16.7. The number of rotatable bonds is 7. The first-order valence-electron chi connectivity index (χ1n) is 8.78. The van der Waals surface area contributed by atoms with E-state index in [1.807, 2.05) is 32.0 Å². The van der Waals surface area contributed by atoms with E-state index in [-0.39, 0.29) is 23.8 Å². The lowest BCUT2D eigenvalue weighted by Crippen LogP contribution is -2.30. The molecule has 0 aliphatic rings. The number of aliphatic hydroxyl groups excluding tert-OH is 1. The summed E-state index contributed by atoms with van der Waals surface area (Å²) in [5, 5.41) is 16.7. The molecule has 0 aliphatic heterocycles. The second-order valence-corrected chi connectivity index (χ2v) is 7.01. The van der Waals surface area contributed by atoms with E-state index in [2.05, 4.69) is 35.3 Å². The number of nitrogens with zero attached hydrogens (tertiary/aromatic N) is 3. The summed E-state index contributed by atoms with van der Waals surface area (Å²) >= 11 is 0. The Morgan fingerprint density at radius 1 is 1.24 bits per heavy atom. The number of carbonyl (C=O) groups is 1. The molecule has 1 aromatic carbocycles. The summed E-state index contributed by atoms with van der Waals surface area (Å²) in [5.41, 5.74) is 2.11. The Labute approximate surface area is 149 Å². The van der Waals surface area contributed by atoms with E-state index in [1.165, 1.54) is 0 Å². The highest BCUT2D eigenvalue weighted by Crippen LogP contribution is 2.23. The Morgan fingerprint density at radius 3 is 2.56 bits per heavy atom. The number of aryl methyl sites for hydroxylation is 1. The van der Waals surface area contributed by atoms with E-state index in [0.29, 0.717) is 24.7 Å². The molecule has 1 aromatic heterocycles. The van der Waals surface area contributed by atoms with Gasteiger partial charge in [-0.15, -0.1) is 5.10 Å². The molecule has 2 rings (SSSR count). The van der Waals surface area contributed by atoms with Crippen LogP contribution in [0, 0.1) is 12.8 Å². The Hall–Kier alpha value is -2.21. The molecule has 0 radical (unpaired) electrons. The number of carbonyl (C=O) groups excluding carboxylic acids is 1. The average molecular weight is 344 g/mol. The number of aliphatic hydroxyl groups is 1. The van der Waals surface area contributed by atoms with Gasteiger partial charge in [0.2, 0.25) is 5.82 Å². The van der Waals surface area contributed by atoms with Gasteiger partial charge in [-0.3, -0.25) is 4.79 Å². The highest BCUT2D eigenvalue weighted by atomic mass is 16.3. The van der Waals surface area contributed by atoms with Crippen molar-refractivity contribution in [3.63, 3.8) is 0 Å². The van der Waals surface area contributed by atoms with Gasteiger partial charge in [-0.25, -0.2) is 9.67 Å². The van der Waals surface area contributed by atoms with Crippen molar-refractivity contribution in [1.82, 2.24) is 20.1 Å². The summed E-state index contributed by atoms with van der Waals surface area (Å²) < 4.78 is 1.73. The summed E-state index contributed by atoms with van der Waals surface area (Å²) in [6.07, 6.45) is 0.266. The quantitative estimate of drug-likeness (QED) is 0.809. The van der Waals surface area contributed by atoms with Crippen LogP contribution in [-0.2, 0) is 0 Å². The first-order valence-corrected chi connectivity index (χ1v) is 8.78. The van der Waals surface area contributed by atoms with Gasteiger partial charge in [-0.1, -0.05) is 39.0 Å². The maximum Gasteiger partial charge on any atom is 0.290 e. The predicted molar refractivity (Wildman–Crippen MR) is 98.0 cm³/mol. The zero-order chi connectivity index (χ0) is 18.6. The van der Waals surface area contributed by atoms with Crippen LogP contribution in [-0.4, -0.2) is 38.4 Å². The molecule has 0 saturated heterocycles. The van der Waals surface area contributed by atoms with Gasteiger partial charge in [0, 0.05) is 6.54 Å². The number of benzene rings is 1. The molecule has 2 N–H and O–H groups in total. The third-order valence-corrected chi connectivity index (χ3v) is 4.11. The molecule has 1 heterocycles. The van der Waals surface area contributed by atoms with Crippen molar-refractivity contribution < 1.29 is 9.90 Å². The second kappa shape index (κ2) is 8.25. The van der Waals surface area contributed by atoms with Gasteiger partial charge < -0.3 is 10.4 Å². The Balaban J connectivity index is 2.16. The van der Waals surface area contributed by atoms with E-state index in [0.717, 1.165) is 11.3 Å². The van der Waals surface area contributed by atoms with Crippen LogP contribution in [0.25, 0.3) is 5.69 Å². The van der Waals surface area contributed by atoms with Crippen LogP contribution in [0.5, 0.6) is 0 Å². The number of hydrogen-bond acceptors (Lipinski definition) is 4. The molecule has 0 aliphatic carbocycles. The molecule has 6 nitrogen and oxygen atoms in total. The Kier molecular flexibility index (Phi) is 6.31. The molecule has 6 heteroatoms. The smallest absolute Gasteiger partial charge is 0.290 e. The largest absolute Gasteiger partial charge is 0.393 e. The van der Waals surface area contributed by atoms with Crippen molar-refractivity contribution in [2.45, 2.75) is 53.1 Å². The van der Waals surface area contributed by atoms with Gasteiger partial charge in [0.25, 0.3) is 5.91 Å². The molecule has 1 amide bonds. The minimum atomic E-state index is -0.376. The maximum atomic E-state index is 12.3. The predicted octanol–water partition coefficient (Wildman–Crippen LogP) is 2.84. The van der Waals surface area contributed by atoms with E-state index in [9.17, 15) is 9.90 Å².